The number of nitrogens with one attached hydrogen (secondary N) is 1. The Balaban J connectivity index is 2.20. The molecule has 1 nitrogen and oxygen atoms in total. The van der Waals surface area contributed by atoms with Crippen molar-refractivity contribution < 1.29 is 0 Å². The molecule has 3 atom stereocenters. The van der Waals surface area contributed by atoms with Crippen molar-refractivity contribution in [2.75, 3.05) is 18.1 Å². The van der Waals surface area contributed by atoms with E-state index < -0.39 is 0 Å². The summed E-state index contributed by atoms with van der Waals surface area (Å²) >= 11 is 10.3. The van der Waals surface area contributed by atoms with Crippen molar-refractivity contribution >= 4 is 35.1 Å². The second-order valence-corrected chi connectivity index (χ2v) is 7.81. The van der Waals surface area contributed by atoms with Crippen LogP contribution in [0.4, 0.5) is 0 Å². The molecule has 0 bridgehead atoms. The van der Waals surface area contributed by atoms with Crippen LogP contribution in [0.15, 0.2) is 24.3 Å². The molecule has 1 aromatic carbocycles. The zero-order valence-corrected chi connectivity index (χ0v) is 14.0. The molecule has 0 spiro atoms. The van der Waals surface area contributed by atoms with E-state index in [1.54, 1.807) is 0 Å². The first-order valence-corrected chi connectivity index (χ1v) is 9.45. The molecule has 0 radical (unpaired) electrons. The van der Waals surface area contributed by atoms with Crippen LogP contribution in [0.5, 0.6) is 0 Å². The lowest BCUT2D eigenvalue weighted by atomic mass is 10.00. The van der Waals surface area contributed by atoms with Crippen LogP contribution in [0.2, 0.25) is 5.02 Å². The van der Waals surface area contributed by atoms with Gasteiger partial charge in [-0.3, -0.25) is 0 Å². The van der Waals surface area contributed by atoms with Gasteiger partial charge in [0.25, 0.3) is 0 Å². The summed E-state index contributed by atoms with van der Waals surface area (Å²) in [5, 5.41) is 5.90. The molecule has 1 N–H and O–H groups in total. The van der Waals surface area contributed by atoms with Crippen LogP contribution in [0.3, 0.4) is 0 Å². The summed E-state index contributed by atoms with van der Waals surface area (Å²) < 4.78 is 0. The van der Waals surface area contributed by atoms with Gasteiger partial charge >= 0.3 is 0 Å². The minimum absolute atomic E-state index is 0.435. The summed E-state index contributed by atoms with van der Waals surface area (Å²) in [6, 6.07) is 8.78. The van der Waals surface area contributed by atoms with E-state index in [1.165, 1.54) is 23.5 Å². The molecule has 0 aromatic heterocycles. The minimum atomic E-state index is 0.435. The Morgan fingerprint density at radius 3 is 2.53 bits per heavy atom. The first kappa shape index (κ1) is 15.6. The standard InChI is InChI=1S/C15H22ClNS2/c1-3-13-15(19-10-9-18-13)14(17-4-2)11-5-7-12(16)8-6-11/h5-8,13-15,17H,3-4,9-10H2,1-2H3. The molecule has 1 heterocycles. The summed E-state index contributed by atoms with van der Waals surface area (Å²) in [5.41, 5.74) is 1.37. The van der Waals surface area contributed by atoms with Gasteiger partial charge < -0.3 is 5.32 Å². The van der Waals surface area contributed by atoms with E-state index in [1.807, 2.05) is 12.1 Å². The minimum Gasteiger partial charge on any atom is -0.309 e. The normalized spacial score (nSPS) is 25.2. The van der Waals surface area contributed by atoms with Crippen LogP contribution in [0.1, 0.15) is 31.9 Å². The van der Waals surface area contributed by atoms with Crippen molar-refractivity contribution in [3.05, 3.63) is 34.9 Å². The smallest absolute Gasteiger partial charge is 0.0451 e. The van der Waals surface area contributed by atoms with Gasteiger partial charge in [0.15, 0.2) is 0 Å². The molecule has 1 aromatic rings. The van der Waals surface area contributed by atoms with Gasteiger partial charge in [-0.2, -0.15) is 23.5 Å². The maximum absolute atomic E-state index is 6.01. The van der Waals surface area contributed by atoms with Gasteiger partial charge in [0.2, 0.25) is 0 Å². The molecule has 3 unspecified atom stereocenters. The summed E-state index contributed by atoms with van der Waals surface area (Å²) in [6.07, 6.45) is 1.25. The zero-order chi connectivity index (χ0) is 13.7. The Morgan fingerprint density at radius 2 is 1.89 bits per heavy atom. The van der Waals surface area contributed by atoms with E-state index in [9.17, 15) is 0 Å². The highest BCUT2D eigenvalue weighted by Gasteiger charge is 2.32. The Hall–Kier alpha value is 0.170. The third-order valence-corrected chi connectivity index (χ3v) is 7.08. The predicted molar refractivity (Wildman–Crippen MR) is 90.7 cm³/mol. The number of hydrogen-bond acceptors (Lipinski definition) is 3. The third-order valence-electron chi connectivity index (χ3n) is 3.48. The number of halogens is 1. The van der Waals surface area contributed by atoms with Crippen molar-refractivity contribution in [1.29, 1.82) is 0 Å². The molecule has 19 heavy (non-hydrogen) atoms. The molecule has 106 valence electrons. The molecule has 1 aliphatic heterocycles. The maximum atomic E-state index is 6.01. The molecule has 1 aliphatic rings. The van der Waals surface area contributed by atoms with Crippen molar-refractivity contribution in [2.24, 2.45) is 0 Å². The van der Waals surface area contributed by atoms with E-state index in [2.05, 4.69) is 54.8 Å². The van der Waals surface area contributed by atoms with Crippen LogP contribution >= 0.6 is 35.1 Å². The lowest BCUT2D eigenvalue weighted by molar-refractivity contribution is 0.513. The van der Waals surface area contributed by atoms with E-state index in [4.69, 9.17) is 11.6 Å². The number of rotatable bonds is 5. The highest BCUT2D eigenvalue weighted by Crippen LogP contribution is 2.40. The van der Waals surface area contributed by atoms with Crippen LogP contribution in [-0.2, 0) is 0 Å². The molecule has 2 rings (SSSR count). The summed E-state index contributed by atoms with van der Waals surface area (Å²) in [5.74, 6) is 2.56. The summed E-state index contributed by atoms with van der Waals surface area (Å²) in [4.78, 5) is 0. The number of thioether (sulfide) groups is 2. The Labute approximate surface area is 130 Å². The van der Waals surface area contributed by atoms with Crippen LogP contribution in [0.25, 0.3) is 0 Å². The van der Waals surface area contributed by atoms with Crippen molar-refractivity contribution in [1.82, 2.24) is 5.32 Å². The van der Waals surface area contributed by atoms with Crippen LogP contribution < -0.4 is 5.32 Å². The summed E-state index contributed by atoms with van der Waals surface area (Å²) in [7, 11) is 0. The number of hydrogen-bond donors (Lipinski definition) is 1. The fourth-order valence-corrected chi connectivity index (χ4v) is 5.94. The van der Waals surface area contributed by atoms with Gasteiger partial charge in [0.1, 0.15) is 0 Å². The fraction of sp³-hybridized carbons (Fsp3) is 0.600. The monoisotopic (exact) mass is 315 g/mol. The predicted octanol–water partition coefficient (Wildman–Crippen LogP) is 4.62. The van der Waals surface area contributed by atoms with Gasteiger partial charge in [0.05, 0.1) is 0 Å². The summed E-state index contributed by atoms with van der Waals surface area (Å²) in [6.45, 7) is 5.50. The average molecular weight is 316 g/mol. The molecule has 4 heteroatoms. The zero-order valence-electron chi connectivity index (χ0n) is 11.6. The fourth-order valence-electron chi connectivity index (χ4n) is 2.56. The van der Waals surface area contributed by atoms with Crippen molar-refractivity contribution in [2.45, 2.75) is 36.8 Å². The van der Waals surface area contributed by atoms with E-state index in [-0.39, 0.29) is 0 Å². The Morgan fingerprint density at radius 1 is 1.21 bits per heavy atom. The SMILES string of the molecule is CCNC(c1ccc(Cl)cc1)C1SCCSC1CC. The van der Waals surface area contributed by atoms with Gasteiger partial charge in [-0.05, 0) is 30.7 Å². The highest BCUT2D eigenvalue weighted by molar-refractivity contribution is 8.07. The quantitative estimate of drug-likeness (QED) is 0.851. The first-order valence-electron chi connectivity index (χ1n) is 6.98. The lowest BCUT2D eigenvalue weighted by Gasteiger charge is -2.36. The van der Waals surface area contributed by atoms with Gasteiger partial charge in [-0.15, -0.1) is 0 Å². The van der Waals surface area contributed by atoms with Crippen molar-refractivity contribution in [3.8, 4) is 0 Å². The van der Waals surface area contributed by atoms with E-state index >= 15 is 0 Å². The van der Waals surface area contributed by atoms with Gasteiger partial charge in [-0.25, -0.2) is 0 Å². The largest absolute Gasteiger partial charge is 0.309 e. The Bertz CT molecular complexity index is 382. The van der Waals surface area contributed by atoms with E-state index in [0.717, 1.165) is 16.8 Å². The average Bonchev–Trinajstić information content (AvgIpc) is 2.46. The topological polar surface area (TPSA) is 12.0 Å². The Kier molecular flexibility index (Phi) is 6.40. The maximum Gasteiger partial charge on any atom is 0.0451 e. The number of benzene rings is 1. The molecular formula is C15H22ClNS2. The highest BCUT2D eigenvalue weighted by atomic mass is 35.5. The third kappa shape index (κ3) is 4.07. The molecule has 0 amide bonds. The van der Waals surface area contributed by atoms with Crippen molar-refractivity contribution in [3.63, 3.8) is 0 Å². The molecule has 1 saturated heterocycles. The molecule has 0 saturated carbocycles. The first-order chi connectivity index (χ1) is 9.26. The lowest BCUT2D eigenvalue weighted by Crippen LogP contribution is -2.38. The van der Waals surface area contributed by atoms with Crippen LogP contribution in [0, 0.1) is 0 Å². The molecule has 1 fully saturated rings. The molecule has 0 aliphatic carbocycles. The van der Waals surface area contributed by atoms with Gasteiger partial charge in [0, 0.05) is 33.1 Å². The van der Waals surface area contributed by atoms with Crippen LogP contribution in [-0.4, -0.2) is 28.6 Å². The second kappa shape index (κ2) is 7.82. The molecular weight excluding hydrogens is 294 g/mol. The van der Waals surface area contributed by atoms with Gasteiger partial charge in [-0.1, -0.05) is 37.6 Å². The second-order valence-electron chi connectivity index (χ2n) is 4.74. The van der Waals surface area contributed by atoms with E-state index in [0.29, 0.717) is 11.3 Å².